The lowest BCUT2D eigenvalue weighted by molar-refractivity contribution is -0.159. The number of hydrogen-bond donors (Lipinski definition) is 1. The highest BCUT2D eigenvalue weighted by Gasteiger charge is 2.62. The number of aliphatic carboxylic acids is 1. The lowest BCUT2D eigenvalue weighted by Crippen LogP contribution is -2.54. The Bertz CT molecular complexity index is 816. The van der Waals surface area contributed by atoms with Crippen molar-refractivity contribution >= 4 is 12.0 Å². The van der Waals surface area contributed by atoms with E-state index in [4.69, 9.17) is 0 Å². The van der Waals surface area contributed by atoms with E-state index in [-0.39, 0.29) is 5.92 Å². The minimum Gasteiger partial charge on any atom is -0.481 e. The number of rotatable bonds is 6. The molecule has 2 heteroatoms. The Morgan fingerprint density at radius 2 is 1.75 bits per heavy atom. The third-order valence-electron chi connectivity index (χ3n) is 7.48. The zero-order valence-electron chi connectivity index (χ0n) is 17.9. The lowest BCUT2D eigenvalue weighted by Gasteiger charge is -2.53. The van der Waals surface area contributed by atoms with Gasteiger partial charge >= 0.3 is 5.97 Å². The summed E-state index contributed by atoms with van der Waals surface area (Å²) in [6.45, 7) is 10.8. The minimum atomic E-state index is -0.858. The summed E-state index contributed by atoms with van der Waals surface area (Å²) in [7, 11) is 0. The summed E-state index contributed by atoms with van der Waals surface area (Å²) in [5.41, 5.74) is 2.51. The van der Waals surface area contributed by atoms with Gasteiger partial charge in [0.1, 0.15) is 0 Å². The van der Waals surface area contributed by atoms with E-state index in [9.17, 15) is 9.90 Å². The van der Waals surface area contributed by atoms with Crippen molar-refractivity contribution in [1.29, 1.82) is 0 Å². The van der Waals surface area contributed by atoms with Crippen LogP contribution in [0.4, 0.5) is 0 Å². The average molecular weight is 379 g/mol. The summed E-state index contributed by atoms with van der Waals surface area (Å²) < 4.78 is 0. The Kier molecular flexibility index (Phi) is 5.70. The molecule has 0 saturated heterocycles. The van der Waals surface area contributed by atoms with Crippen LogP contribution in [0.2, 0.25) is 0 Å². The quantitative estimate of drug-likeness (QED) is 0.556. The van der Waals surface area contributed by atoms with Gasteiger partial charge in [-0.15, -0.1) is 0 Å². The molecule has 2 aliphatic rings. The molecule has 3 rings (SSSR count). The van der Waals surface area contributed by atoms with E-state index in [0.717, 1.165) is 24.8 Å². The van der Waals surface area contributed by atoms with E-state index in [1.54, 1.807) is 0 Å². The predicted octanol–water partition coefficient (Wildman–Crippen LogP) is 6.76. The molecule has 5 atom stereocenters. The fourth-order valence-corrected chi connectivity index (χ4v) is 5.85. The number of hydrogen-bond acceptors (Lipinski definition) is 1. The normalized spacial score (nSPS) is 34.8. The number of carbonyl (C=O) groups is 1. The summed E-state index contributed by atoms with van der Waals surface area (Å²) in [5.74, 6) is 0.0934. The molecule has 0 aliphatic heterocycles. The Hall–Kier alpha value is -2.09. The largest absolute Gasteiger partial charge is 0.481 e. The molecule has 0 amide bonds. The van der Waals surface area contributed by atoms with Crippen LogP contribution in [0, 0.1) is 28.6 Å². The lowest BCUT2D eigenvalue weighted by atomic mass is 9.48. The number of benzene rings is 1. The van der Waals surface area contributed by atoms with Gasteiger partial charge in [-0.1, -0.05) is 93.5 Å². The first kappa shape index (κ1) is 20.6. The smallest absolute Gasteiger partial charge is 0.311 e. The van der Waals surface area contributed by atoms with Gasteiger partial charge in [-0.05, 0) is 43.6 Å². The van der Waals surface area contributed by atoms with Gasteiger partial charge in [-0.3, -0.25) is 4.79 Å². The monoisotopic (exact) mass is 378 g/mol. The van der Waals surface area contributed by atoms with Crippen LogP contribution in [0.15, 0.2) is 59.7 Å². The highest BCUT2D eigenvalue weighted by atomic mass is 16.4. The molecular weight excluding hydrogens is 344 g/mol. The second kappa shape index (κ2) is 7.73. The molecule has 0 heterocycles. The van der Waals surface area contributed by atoms with Crippen LogP contribution < -0.4 is 0 Å². The van der Waals surface area contributed by atoms with E-state index in [1.807, 2.05) is 25.1 Å². The Morgan fingerprint density at radius 3 is 2.29 bits per heavy atom. The second-order valence-corrected chi connectivity index (χ2v) is 8.68. The second-order valence-electron chi connectivity index (χ2n) is 8.68. The molecule has 0 unspecified atom stereocenters. The molecule has 0 spiro atoms. The maximum Gasteiger partial charge on any atom is 0.311 e. The van der Waals surface area contributed by atoms with Gasteiger partial charge in [0.2, 0.25) is 0 Å². The van der Waals surface area contributed by atoms with Crippen molar-refractivity contribution < 1.29 is 9.90 Å². The van der Waals surface area contributed by atoms with Crippen LogP contribution >= 0.6 is 0 Å². The maximum absolute atomic E-state index is 12.9. The standard InChI is InChI=1S/C26H34O2/c1-6-20-16-18(4)22-21(7-2)17-26(8-3,25(5,23(20)22)24(27)28)15-14-19-12-10-9-11-13-19/h9-18,22-23H,6-8H2,1-5H3,(H,27,28)/b15-14+/t18-,22-,23+,25+,26+/m1/s1. The number of fused-ring (bicyclic) bond motifs is 1. The maximum atomic E-state index is 12.9. The molecule has 2 nitrogen and oxygen atoms in total. The molecule has 0 saturated carbocycles. The minimum absolute atomic E-state index is 0.0605. The average Bonchev–Trinajstić information content (AvgIpc) is 3.05. The van der Waals surface area contributed by atoms with Gasteiger partial charge < -0.3 is 5.11 Å². The number of carboxylic acids is 1. The van der Waals surface area contributed by atoms with Crippen molar-refractivity contribution in [2.75, 3.05) is 0 Å². The van der Waals surface area contributed by atoms with E-state index in [0.29, 0.717) is 11.8 Å². The van der Waals surface area contributed by atoms with Gasteiger partial charge in [-0.2, -0.15) is 0 Å². The first-order valence-corrected chi connectivity index (χ1v) is 10.7. The Morgan fingerprint density at radius 1 is 1.11 bits per heavy atom. The molecule has 0 fully saturated rings. The first-order chi connectivity index (χ1) is 13.3. The van der Waals surface area contributed by atoms with Crippen molar-refractivity contribution in [3.8, 4) is 0 Å². The number of allylic oxidation sites excluding steroid dienone is 5. The zero-order chi connectivity index (χ0) is 20.5. The van der Waals surface area contributed by atoms with E-state index in [2.05, 4.69) is 64.1 Å². The SMILES string of the molecule is CCC1=C[C@@](/C=C/c2ccccc2)(CC)[C@](C)(C(=O)O)[C@H]2C(CC)=C[C@@H](C)[C@H]12. The van der Waals surface area contributed by atoms with Crippen LogP contribution in [-0.4, -0.2) is 11.1 Å². The van der Waals surface area contributed by atoms with Crippen LogP contribution in [0.5, 0.6) is 0 Å². The summed E-state index contributed by atoms with van der Waals surface area (Å²) in [6, 6.07) is 10.2. The van der Waals surface area contributed by atoms with Crippen molar-refractivity contribution in [2.45, 2.75) is 53.9 Å². The molecule has 0 radical (unpaired) electrons. The molecule has 1 N–H and O–H groups in total. The topological polar surface area (TPSA) is 37.3 Å². The zero-order valence-corrected chi connectivity index (χ0v) is 17.9. The summed E-state index contributed by atoms with van der Waals surface area (Å²) in [4.78, 5) is 12.9. The predicted molar refractivity (Wildman–Crippen MR) is 117 cm³/mol. The molecule has 0 bridgehead atoms. The fourth-order valence-electron chi connectivity index (χ4n) is 5.85. The summed E-state index contributed by atoms with van der Waals surface area (Å²) in [6.07, 6.45) is 11.6. The van der Waals surface area contributed by atoms with Gasteiger partial charge in [0.25, 0.3) is 0 Å². The highest BCUT2D eigenvalue weighted by Crippen LogP contribution is 2.63. The van der Waals surface area contributed by atoms with Gasteiger partial charge in [-0.25, -0.2) is 0 Å². The molecule has 0 aromatic heterocycles. The van der Waals surface area contributed by atoms with Crippen LogP contribution in [0.3, 0.4) is 0 Å². The number of carboxylic acid groups (broad SMARTS) is 1. The first-order valence-electron chi connectivity index (χ1n) is 10.7. The molecule has 1 aromatic carbocycles. The van der Waals surface area contributed by atoms with Crippen molar-refractivity contribution in [3.05, 3.63) is 65.3 Å². The third kappa shape index (κ3) is 2.98. The van der Waals surface area contributed by atoms with E-state index >= 15 is 0 Å². The van der Waals surface area contributed by atoms with Crippen LogP contribution in [0.25, 0.3) is 6.08 Å². The van der Waals surface area contributed by atoms with E-state index in [1.165, 1.54) is 11.1 Å². The Balaban J connectivity index is 2.23. The third-order valence-corrected chi connectivity index (χ3v) is 7.48. The van der Waals surface area contributed by atoms with Gasteiger partial charge in [0, 0.05) is 11.3 Å². The van der Waals surface area contributed by atoms with Gasteiger partial charge in [0.05, 0.1) is 5.41 Å². The highest BCUT2D eigenvalue weighted by molar-refractivity contribution is 5.79. The molecule has 28 heavy (non-hydrogen) atoms. The molecule has 1 aromatic rings. The fraction of sp³-hybridized carbons (Fsp3) is 0.500. The Labute approximate surface area is 170 Å². The van der Waals surface area contributed by atoms with Crippen molar-refractivity contribution in [2.24, 2.45) is 28.6 Å². The molecule has 2 aliphatic carbocycles. The molecular formula is C26H34O2. The van der Waals surface area contributed by atoms with E-state index < -0.39 is 16.8 Å². The van der Waals surface area contributed by atoms with Crippen LogP contribution in [0.1, 0.15) is 59.4 Å². The summed E-state index contributed by atoms with van der Waals surface area (Å²) >= 11 is 0. The van der Waals surface area contributed by atoms with Crippen molar-refractivity contribution in [3.63, 3.8) is 0 Å². The summed E-state index contributed by atoms with van der Waals surface area (Å²) in [5, 5.41) is 10.6. The van der Waals surface area contributed by atoms with Crippen LogP contribution in [-0.2, 0) is 4.79 Å². The van der Waals surface area contributed by atoms with Gasteiger partial charge in [0.15, 0.2) is 0 Å². The van der Waals surface area contributed by atoms with Crippen molar-refractivity contribution in [1.82, 2.24) is 0 Å². The molecule has 150 valence electrons.